The van der Waals surface area contributed by atoms with Crippen molar-refractivity contribution in [3.8, 4) is 0 Å². The fourth-order valence-corrected chi connectivity index (χ4v) is 4.37. The van der Waals surface area contributed by atoms with Crippen molar-refractivity contribution in [3.63, 3.8) is 0 Å². The Morgan fingerprint density at radius 2 is 1.87 bits per heavy atom. The van der Waals surface area contributed by atoms with E-state index in [1.54, 1.807) is 11.3 Å². The van der Waals surface area contributed by atoms with Gasteiger partial charge in [-0.25, -0.2) is 4.98 Å². The van der Waals surface area contributed by atoms with Gasteiger partial charge in [0, 0.05) is 32.1 Å². The summed E-state index contributed by atoms with van der Waals surface area (Å²) in [6.07, 6.45) is 1.85. The van der Waals surface area contributed by atoms with Gasteiger partial charge in [-0.05, 0) is 25.0 Å². The number of amides is 1. The highest BCUT2D eigenvalue weighted by atomic mass is 32.1. The largest absolute Gasteiger partial charge is 0.378 e. The molecular weight excluding hydrogens is 310 g/mol. The smallest absolute Gasteiger partial charge is 0.225 e. The number of hydrogen-bond acceptors (Lipinski definition) is 5. The molecule has 0 unspecified atom stereocenters. The number of hydrogen-bond donors (Lipinski definition) is 0. The third kappa shape index (κ3) is 3.05. The van der Waals surface area contributed by atoms with E-state index in [2.05, 4.69) is 23.1 Å². The number of nitrogens with zero attached hydrogens (tertiary/aromatic N) is 3. The minimum absolute atomic E-state index is 0.165. The van der Waals surface area contributed by atoms with Crippen molar-refractivity contribution in [1.82, 2.24) is 9.88 Å². The van der Waals surface area contributed by atoms with Crippen LogP contribution >= 0.6 is 11.3 Å². The van der Waals surface area contributed by atoms with Crippen molar-refractivity contribution < 1.29 is 9.53 Å². The van der Waals surface area contributed by atoms with Gasteiger partial charge in [0.2, 0.25) is 5.91 Å². The molecule has 0 aliphatic carbocycles. The zero-order valence-electron chi connectivity index (χ0n) is 13.1. The maximum absolute atomic E-state index is 12.6. The van der Waals surface area contributed by atoms with Crippen molar-refractivity contribution in [2.75, 3.05) is 44.3 Å². The van der Waals surface area contributed by atoms with Gasteiger partial charge < -0.3 is 14.5 Å². The molecule has 0 radical (unpaired) electrons. The predicted octanol–water partition coefficient (Wildman–Crippen LogP) is 2.37. The molecule has 5 nitrogen and oxygen atoms in total. The molecule has 0 N–H and O–H groups in total. The number of fused-ring (bicyclic) bond motifs is 1. The van der Waals surface area contributed by atoms with Gasteiger partial charge in [-0.1, -0.05) is 23.5 Å². The lowest BCUT2D eigenvalue weighted by molar-refractivity contribution is -0.140. The van der Waals surface area contributed by atoms with Crippen LogP contribution in [0.3, 0.4) is 0 Å². The summed E-state index contributed by atoms with van der Waals surface area (Å²) in [5.74, 6) is 0.482. The van der Waals surface area contributed by atoms with E-state index in [0.717, 1.165) is 49.7 Å². The second kappa shape index (κ2) is 6.45. The SMILES string of the molecule is O=C(C1CCN(c2nc3ccccc3s2)CC1)N1CCOCC1. The number of aromatic nitrogens is 1. The van der Waals surface area contributed by atoms with Crippen LogP contribution < -0.4 is 4.90 Å². The first-order valence-electron chi connectivity index (χ1n) is 8.28. The summed E-state index contributed by atoms with van der Waals surface area (Å²) in [5.41, 5.74) is 1.07. The Hall–Kier alpha value is -1.66. The number of carbonyl (C=O) groups is 1. The Balaban J connectivity index is 1.39. The van der Waals surface area contributed by atoms with E-state index in [9.17, 15) is 4.79 Å². The minimum atomic E-state index is 0.165. The zero-order chi connectivity index (χ0) is 15.6. The fourth-order valence-electron chi connectivity index (χ4n) is 3.35. The molecule has 122 valence electrons. The summed E-state index contributed by atoms with van der Waals surface area (Å²) in [5, 5.41) is 1.09. The van der Waals surface area contributed by atoms with Crippen LogP contribution in [0.15, 0.2) is 24.3 Å². The van der Waals surface area contributed by atoms with Gasteiger partial charge in [0.25, 0.3) is 0 Å². The van der Waals surface area contributed by atoms with Gasteiger partial charge in [0.1, 0.15) is 0 Å². The third-order valence-electron chi connectivity index (χ3n) is 4.72. The van der Waals surface area contributed by atoms with Gasteiger partial charge in [0.05, 0.1) is 23.4 Å². The van der Waals surface area contributed by atoms with Gasteiger partial charge in [-0.3, -0.25) is 4.79 Å². The maximum atomic E-state index is 12.6. The maximum Gasteiger partial charge on any atom is 0.225 e. The number of carbonyl (C=O) groups excluding carboxylic acids is 1. The highest BCUT2D eigenvalue weighted by molar-refractivity contribution is 7.22. The van der Waals surface area contributed by atoms with Crippen LogP contribution in [-0.2, 0) is 9.53 Å². The van der Waals surface area contributed by atoms with Crippen molar-refractivity contribution in [1.29, 1.82) is 0 Å². The first kappa shape index (κ1) is 14.9. The summed E-state index contributed by atoms with van der Waals surface area (Å²) < 4.78 is 6.56. The molecule has 1 aromatic carbocycles. The topological polar surface area (TPSA) is 45.7 Å². The highest BCUT2D eigenvalue weighted by Gasteiger charge is 2.30. The van der Waals surface area contributed by atoms with E-state index < -0.39 is 0 Å². The Morgan fingerprint density at radius 3 is 2.61 bits per heavy atom. The van der Waals surface area contributed by atoms with E-state index in [1.165, 1.54) is 4.70 Å². The molecule has 2 fully saturated rings. The first-order valence-corrected chi connectivity index (χ1v) is 9.10. The average Bonchev–Trinajstić information content (AvgIpc) is 3.06. The quantitative estimate of drug-likeness (QED) is 0.847. The van der Waals surface area contributed by atoms with Gasteiger partial charge in [-0.15, -0.1) is 0 Å². The number of morpholine rings is 1. The number of ether oxygens (including phenoxy) is 1. The standard InChI is InChI=1S/C17H21N3O2S/c21-16(19-9-11-22-12-10-19)13-5-7-20(8-6-13)17-18-14-3-1-2-4-15(14)23-17/h1-4,13H,5-12H2. The molecule has 2 aromatic rings. The monoisotopic (exact) mass is 331 g/mol. The molecule has 1 amide bonds. The average molecular weight is 331 g/mol. The van der Waals surface area contributed by atoms with Gasteiger partial charge in [0.15, 0.2) is 5.13 Å². The lowest BCUT2D eigenvalue weighted by Crippen LogP contribution is -2.46. The Morgan fingerprint density at radius 1 is 1.13 bits per heavy atom. The molecule has 2 saturated heterocycles. The summed E-state index contributed by atoms with van der Waals surface area (Å²) in [7, 11) is 0. The molecule has 2 aliphatic rings. The molecule has 1 aromatic heterocycles. The number of para-hydroxylation sites is 1. The van der Waals surface area contributed by atoms with Crippen LogP contribution in [0.4, 0.5) is 5.13 Å². The van der Waals surface area contributed by atoms with Gasteiger partial charge in [-0.2, -0.15) is 0 Å². The summed E-state index contributed by atoms with van der Waals surface area (Å²) in [6, 6.07) is 8.26. The van der Waals surface area contributed by atoms with Crippen molar-refractivity contribution >= 4 is 32.6 Å². The zero-order valence-corrected chi connectivity index (χ0v) is 13.9. The van der Waals surface area contributed by atoms with E-state index in [0.29, 0.717) is 19.1 Å². The minimum Gasteiger partial charge on any atom is -0.378 e. The number of piperidine rings is 1. The summed E-state index contributed by atoms with van der Waals surface area (Å²) in [6.45, 7) is 4.68. The molecule has 3 heterocycles. The Kier molecular flexibility index (Phi) is 4.18. The molecule has 2 aliphatic heterocycles. The van der Waals surface area contributed by atoms with Gasteiger partial charge >= 0.3 is 0 Å². The third-order valence-corrected chi connectivity index (χ3v) is 5.82. The molecule has 0 saturated carbocycles. The van der Waals surface area contributed by atoms with Crippen LogP contribution in [0.5, 0.6) is 0 Å². The Labute approximate surface area is 139 Å². The Bertz CT molecular complexity index is 655. The molecule has 23 heavy (non-hydrogen) atoms. The molecule has 0 bridgehead atoms. The van der Waals surface area contributed by atoms with Crippen molar-refractivity contribution in [2.24, 2.45) is 5.92 Å². The lowest BCUT2D eigenvalue weighted by Gasteiger charge is -2.35. The number of thiazole rings is 1. The van der Waals surface area contributed by atoms with E-state index in [-0.39, 0.29) is 5.92 Å². The predicted molar refractivity (Wildman–Crippen MR) is 92.0 cm³/mol. The van der Waals surface area contributed by atoms with E-state index in [4.69, 9.17) is 9.72 Å². The molecular formula is C17H21N3O2S. The number of anilines is 1. The van der Waals surface area contributed by atoms with Crippen molar-refractivity contribution in [2.45, 2.75) is 12.8 Å². The van der Waals surface area contributed by atoms with Crippen LogP contribution in [0.2, 0.25) is 0 Å². The highest BCUT2D eigenvalue weighted by Crippen LogP contribution is 2.31. The second-order valence-corrected chi connectivity index (χ2v) is 7.17. The van der Waals surface area contributed by atoms with E-state index >= 15 is 0 Å². The van der Waals surface area contributed by atoms with Crippen LogP contribution in [0.1, 0.15) is 12.8 Å². The first-order chi connectivity index (χ1) is 11.3. The molecule has 6 heteroatoms. The van der Waals surface area contributed by atoms with Crippen LogP contribution in [-0.4, -0.2) is 55.2 Å². The molecule has 0 atom stereocenters. The van der Waals surface area contributed by atoms with Crippen molar-refractivity contribution in [3.05, 3.63) is 24.3 Å². The number of rotatable bonds is 2. The second-order valence-electron chi connectivity index (χ2n) is 6.16. The molecule has 0 spiro atoms. The summed E-state index contributed by atoms with van der Waals surface area (Å²) >= 11 is 1.74. The fraction of sp³-hybridized carbons (Fsp3) is 0.529. The van der Waals surface area contributed by atoms with E-state index in [1.807, 2.05) is 11.0 Å². The summed E-state index contributed by atoms with van der Waals surface area (Å²) in [4.78, 5) is 21.6. The lowest BCUT2D eigenvalue weighted by atomic mass is 9.95. The number of benzene rings is 1. The van der Waals surface area contributed by atoms with Crippen LogP contribution in [0, 0.1) is 5.92 Å². The molecule has 4 rings (SSSR count). The van der Waals surface area contributed by atoms with Crippen LogP contribution in [0.25, 0.3) is 10.2 Å². The normalized spacial score (nSPS) is 20.2.